The van der Waals surface area contributed by atoms with Gasteiger partial charge >= 0.3 is 0 Å². The molecule has 1 saturated heterocycles. The molecular formula is C20H20Cl2N8O. The summed E-state index contributed by atoms with van der Waals surface area (Å²) in [5.74, 6) is 1.55. The van der Waals surface area contributed by atoms with Gasteiger partial charge in [-0.25, -0.2) is 9.97 Å². The summed E-state index contributed by atoms with van der Waals surface area (Å²) in [7, 11) is 0. The molecule has 0 aliphatic carbocycles. The van der Waals surface area contributed by atoms with E-state index in [0.29, 0.717) is 39.8 Å². The van der Waals surface area contributed by atoms with Crippen LogP contribution in [0.4, 0.5) is 11.8 Å². The molecule has 9 nitrogen and oxygen atoms in total. The maximum absolute atomic E-state index is 6.27. The van der Waals surface area contributed by atoms with Crippen LogP contribution in [0.5, 0.6) is 0 Å². The molecule has 0 spiro atoms. The normalized spacial score (nSPS) is 17.0. The summed E-state index contributed by atoms with van der Waals surface area (Å²) in [5.41, 5.74) is 14.8. The van der Waals surface area contributed by atoms with E-state index in [1.807, 2.05) is 12.1 Å². The minimum Gasteiger partial charge on any atom is -0.461 e. The molecule has 1 aliphatic heterocycles. The molecule has 1 unspecified atom stereocenters. The van der Waals surface area contributed by atoms with Crippen molar-refractivity contribution in [2.24, 2.45) is 0 Å². The zero-order chi connectivity index (χ0) is 21.5. The van der Waals surface area contributed by atoms with Crippen molar-refractivity contribution in [1.82, 2.24) is 29.5 Å². The van der Waals surface area contributed by atoms with Crippen molar-refractivity contribution in [2.75, 3.05) is 18.0 Å². The lowest BCUT2D eigenvalue weighted by Gasteiger charge is -2.25. The molecule has 1 aliphatic rings. The second-order valence-electron chi connectivity index (χ2n) is 7.57. The van der Waals surface area contributed by atoms with Crippen LogP contribution in [0.3, 0.4) is 0 Å². The average Bonchev–Trinajstić information content (AvgIpc) is 3.45. The van der Waals surface area contributed by atoms with Gasteiger partial charge in [0.1, 0.15) is 16.1 Å². The average molecular weight is 459 g/mol. The Morgan fingerprint density at radius 2 is 1.94 bits per heavy atom. The summed E-state index contributed by atoms with van der Waals surface area (Å²) < 4.78 is 6.95. The summed E-state index contributed by atoms with van der Waals surface area (Å²) >= 11 is 12.1. The van der Waals surface area contributed by atoms with Crippen LogP contribution in [0.15, 0.2) is 34.9 Å². The maximum atomic E-state index is 6.27. The Labute approximate surface area is 188 Å². The summed E-state index contributed by atoms with van der Waals surface area (Å²) in [5, 5.41) is 5.24. The number of halogens is 2. The van der Waals surface area contributed by atoms with E-state index in [1.165, 1.54) is 4.52 Å². The Balaban J connectivity index is 1.46. The van der Waals surface area contributed by atoms with E-state index in [2.05, 4.69) is 25.0 Å². The van der Waals surface area contributed by atoms with Crippen LogP contribution in [0.2, 0.25) is 10.3 Å². The molecule has 0 radical (unpaired) electrons. The van der Waals surface area contributed by atoms with Gasteiger partial charge in [-0.1, -0.05) is 23.2 Å². The molecule has 4 N–H and O–H groups in total. The number of hydrogen-bond acceptors (Lipinski definition) is 8. The van der Waals surface area contributed by atoms with Crippen LogP contribution in [-0.2, 0) is 13.0 Å². The first-order valence-corrected chi connectivity index (χ1v) is 10.6. The SMILES string of the molecule is Nc1nc(N)n2nc(-c3ccco3)nc2c1CC1CCCN1Cc1cc(Cl)nc(Cl)c1. The molecule has 1 fully saturated rings. The molecule has 0 aromatic carbocycles. The monoisotopic (exact) mass is 458 g/mol. The standard InChI is InChI=1S/C20H20Cl2N8O/c21-15-7-11(8-16(22)25-15)10-29-5-1-3-12(29)9-13-17(23)26-20(24)30-19(13)27-18(28-30)14-4-2-6-31-14/h2,4,6-8,12H,1,3,5,9-10,23H2,(H2,24,26). The lowest BCUT2D eigenvalue weighted by Crippen LogP contribution is -2.31. The molecule has 160 valence electrons. The third-order valence-corrected chi connectivity index (χ3v) is 5.91. The van der Waals surface area contributed by atoms with E-state index < -0.39 is 0 Å². The third kappa shape index (κ3) is 3.91. The second kappa shape index (κ2) is 7.99. The van der Waals surface area contributed by atoms with E-state index in [4.69, 9.17) is 39.1 Å². The van der Waals surface area contributed by atoms with E-state index in [0.717, 1.165) is 37.1 Å². The van der Waals surface area contributed by atoms with Crippen LogP contribution in [-0.4, -0.2) is 42.1 Å². The van der Waals surface area contributed by atoms with Crippen LogP contribution in [0, 0.1) is 0 Å². The number of likely N-dealkylation sites (tertiary alicyclic amines) is 1. The number of furan rings is 1. The fourth-order valence-corrected chi connectivity index (χ4v) is 4.64. The first-order chi connectivity index (χ1) is 15.0. The predicted octanol–water partition coefficient (Wildman–Crippen LogP) is 3.46. The van der Waals surface area contributed by atoms with Crippen molar-refractivity contribution in [3.63, 3.8) is 0 Å². The van der Waals surface area contributed by atoms with Gasteiger partial charge in [-0.15, -0.1) is 5.10 Å². The van der Waals surface area contributed by atoms with E-state index in [-0.39, 0.29) is 12.0 Å². The number of rotatable bonds is 5. The summed E-state index contributed by atoms with van der Waals surface area (Å²) in [4.78, 5) is 15.4. The molecule has 5 rings (SSSR count). The highest BCUT2D eigenvalue weighted by atomic mass is 35.5. The molecule has 11 heteroatoms. The Morgan fingerprint density at radius 3 is 2.68 bits per heavy atom. The van der Waals surface area contributed by atoms with Crippen LogP contribution >= 0.6 is 23.2 Å². The van der Waals surface area contributed by atoms with Gasteiger partial charge in [0.2, 0.25) is 11.8 Å². The first kappa shape index (κ1) is 20.0. The minimum atomic E-state index is 0.186. The van der Waals surface area contributed by atoms with Crippen molar-refractivity contribution in [3.8, 4) is 11.6 Å². The minimum absolute atomic E-state index is 0.186. The lowest BCUT2D eigenvalue weighted by molar-refractivity contribution is 0.244. The highest BCUT2D eigenvalue weighted by Crippen LogP contribution is 2.29. The first-order valence-electron chi connectivity index (χ1n) is 9.88. The van der Waals surface area contributed by atoms with Crippen molar-refractivity contribution >= 4 is 40.6 Å². The highest BCUT2D eigenvalue weighted by molar-refractivity contribution is 6.32. The van der Waals surface area contributed by atoms with Crippen molar-refractivity contribution < 1.29 is 4.42 Å². The maximum Gasteiger partial charge on any atom is 0.225 e. The fourth-order valence-electron chi connectivity index (χ4n) is 4.14. The number of nitrogens with zero attached hydrogens (tertiary/aromatic N) is 6. The summed E-state index contributed by atoms with van der Waals surface area (Å²) in [6.45, 7) is 1.68. The van der Waals surface area contributed by atoms with Gasteiger partial charge < -0.3 is 15.9 Å². The second-order valence-corrected chi connectivity index (χ2v) is 8.35. The number of aromatic nitrogens is 5. The molecule has 0 saturated carbocycles. The number of nitrogen functional groups attached to an aromatic ring is 2. The number of fused-ring (bicyclic) bond motifs is 1. The van der Waals surface area contributed by atoms with E-state index in [1.54, 1.807) is 18.4 Å². The van der Waals surface area contributed by atoms with Crippen LogP contribution in [0.25, 0.3) is 17.2 Å². The molecule has 4 aromatic heterocycles. The zero-order valence-corrected chi connectivity index (χ0v) is 18.0. The van der Waals surface area contributed by atoms with Gasteiger partial charge in [0, 0.05) is 18.2 Å². The van der Waals surface area contributed by atoms with Gasteiger partial charge in [-0.05, 0) is 55.6 Å². The van der Waals surface area contributed by atoms with Gasteiger partial charge in [0.15, 0.2) is 11.4 Å². The van der Waals surface area contributed by atoms with Gasteiger partial charge in [-0.3, -0.25) is 4.90 Å². The lowest BCUT2D eigenvalue weighted by atomic mass is 10.0. The van der Waals surface area contributed by atoms with Crippen LogP contribution in [0.1, 0.15) is 24.0 Å². The zero-order valence-electron chi connectivity index (χ0n) is 16.5. The Hall–Kier alpha value is -2.88. The third-order valence-electron chi connectivity index (χ3n) is 5.53. The van der Waals surface area contributed by atoms with Crippen molar-refractivity contribution in [2.45, 2.75) is 31.8 Å². The van der Waals surface area contributed by atoms with Gasteiger partial charge in [0.25, 0.3) is 0 Å². The van der Waals surface area contributed by atoms with Gasteiger partial charge in [0.05, 0.1) is 6.26 Å². The Morgan fingerprint density at radius 1 is 1.13 bits per heavy atom. The van der Waals surface area contributed by atoms with E-state index in [9.17, 15) is 0 Å². The van der Waals surface area contributed by atoms with E-state index >= 15 is 0 Å². The molecule has 0 bridgehead atoms. The van der Waals surface area contributed by atoms with Crippen molar-refractivity contribution in [3.05, 3.63) is 52.0 Å². The molecular weight excluding hydrogens is 439 g/mol. The number of anilines is 2. The topological polar surface area (TPSA) is 124 Å². The molecule has 31 heavy (non-hydrogen) atoms. The number of hydrogen-bond donors (Lipinski definition) is 2. The molecule has 0 amide bonds. The molecule has 4 aromatic rings. The Bertz CT molecular complexity index is 1220. The fraction of sp³-hybridized carbons (Fsp3) is 0.300. The predicted molar refractivity (Wildman–Crippen MR) is 119 cm³/mol. The largest absolute Gasteiger partial charge is 0.461 e. The number of nitrogens with two attached hydrogens (primary N) is 2. The highest BCUT2D eigenvalue weighted by Gasteiger charge is 2.28. The number of pyridine rings is 1. The molecule has 5 heterocycles. The Kier molecular flexibility index (Phi) is 5.17. The summed E-state index contributed by atoms with van der Waals surface area (Å²) in [6, 6.07) is 7.52. The molecule has 1 atom stereocenters. The summed E-state index contributed by atoms with van der Waals surface area (Å²) in [6.07, 6.45) is 4.36. The van der Waals surface area contributed by atoms with Crippen molar-refractivity contribution in [1.29, 1.82) is 0 Å². The smallest absolute Gasteiger partial charge is 0.225 e. The van der Waals surface area contributed by atoms with Crippen LogP contribution < -0.4 is 11.5 Å². The van der Waals surface area contributed by atoms with Gasteiger partial charge in [-0.2, -0.15) is 9.50 Å². The quantitative estimate of drug-likeness (QED) is 0.435.